The third kappa shape index (κ3) is 7.71. The summed E-state index contributed by atoms with van der Waals surface area (Å²) in [7, 11) is -0.0300. The summed E-state index contributed by atoms with van der Waals surface area (Å²) in [5, 5.41) is 2.94. The van der Waals surface area contributed by atoms with Gasteiger partial charge in [-0.1, -0.05) is 42.8 Å². The minimum absolute atomic E-state index is 0.0349. The van der Waals surface area contributed by atoms with E-state index < -0.39 is 21.9 Å². The summed E-state index contributed by atoms with van der Waals surface area (Å²) in [5.41, 5.74) is 5.02. The molecule has 276 valence electrons. The molecule has 3 aliphatic carbocycles. The smallest absolute Gasteiger partial charge is 0.327 e. The molecule has 0 aromatic heterocycles. The van der Waals surface area contributed by atoms with Crippen molar-refractivity contribution in [2.45, 2.75) is 95.3 Å². The number of hydrogen-bond donors (Lipinski definition) is 2. The van der Waals surface area contributed by atoms with Crippen LogP contribution in [0.5, 0.6) is 5.75 Å². The van der Waals surface area contributed by atoms with Gasteiger partial charge in [0.15, 0.2) is 0 Å². The summed E-state index contributed by atoms with van der Waals surface area (Å²) in [4.78, 5) is 29.7. The number of methoxy groups -OCH3 is 2. The van der Waals surface area contributed by atoms with E-state index in [1.54, 1.807) is 20.3 Å². The van der Waals surface area contributed by atoms with Crippen LogP contribution >= 0.6 is 0 Å². The van der Waals surface area contributed by atoms with Crippen molar-refractivity contribution in [1.82, 2.24) is 10.0 Å². The van der Waals surface area contributed by atoms with Gasteiger partial charge >= 0.3 is 6.03 Å². The molecule has 2 fully saturated rings. The van der Waals surface area contributed by atoms with Crippen LogP contribution in [0.25, 0.3) is 0 Å². The fourth-order valence-corrected chi connectivity index (χ4v) is 11.0. The Morgan fingerprint density at radius 1 is 1.10 bits per heavy atom. The zero-order valence-electron chi connectivity index (χ0n) is 30.5. The normalized spacial score (nSPS) is 34.2. The number of fused-ring (bicyclic) bond motifs is 4. The Morgan fingerprint density at radius 2 is 1.96 bits per heavy atom. The van der Waals surface area contributed by atoms with Crippen molar-refractivity contribution >= 4 is 27.5 Å². The highest BCUT2D eigenvalue weighted by Crippen LogP contribution is 2.47. The van der Waals surface area contributed by atoms with Crippen molar-refractivity contribution in [3.05, 3.63) is 70.8 Å². The molecular weight excluding hydrogens is 665 g/mol. The van der Waals surface area contributed by atoms with Crippen LogP contribution in [0.1, 0.15) is 85.3 Å². The van der Waals surface area contributed by atoms with E-state index in [0.29, 0.717) is 36.8 Å². The second-order valence-corrected chi connectivity index (χ2v) is 17.8. The maximum absolute atomic E-state index is 14.5. The van der Waals surface area contributed by atoms with Gasteiger partial charge in [0.25, 0.3) is 5.91 Å². The lowest BCUT2D eigenvalue weighted by Crippen LogP contribution is -2.49. The molecule has 1 unspecified atom stereocenters. The van der Waals surface area contributed by atoms with Gasteiger partial charge in [0.05, 0.1) is 30.3 Å². The zero-order chi connectivity index (χ0) is 35.8. The molecule has 5 aliphatic rings. The van der Waals surface area contributed by atoms with Crippen molar-refractivity contribution in [2.75, 3.05) is 44.6 Å². The Balaban J connectivity index is 1.25. The molecule has 10 nitrogen and oxygen atoms in total. The molecule has 3 amide bonds. The van der Waals surface area contributed by atoms with E-state index in [1.807, 2.05) is 19.1 Å². The van der Waals surface area contributed by atoms with Crippen LogP contribution in [0.15, 0.2) is 52.9 Å². The maximum Gasteiger partial charge on any atom is 0.327 e. The van der Waals surface area contributed by atoms with Gasteiger partial charge < -0.3 is 24.4 Å². The van der Waals surface area contributed by atoms with Crippen LogP contribution in [0, 0.1) is 24.7 Å². The molecular formula is C40H54N4O6S. The van der Waals surface area contributed by atoms with E-state index in [9.17, 15) is 13.8 Å². The highest BCUT2D eigenvalue weighted by Gasteiger charge is 2.44. The average molecular weight is 719 g/mol. The van der Waals surface area contributed by atoms with Crippen molar-refractivity contribution in [3.63, 3.8) is 0 Å². The number of amides is 3. The number of hydrogen-bond acceptors (Lipinski definition) is 7. The van der Waals surface area contributed by atoms with E-state index in [4.69, 9.17) is 14.2 Å². The number of anilines is 1. The first-order valence-corrected chi connectivity index (χ1v) is 20.5. The van der Waals surface area contributed by atoms with Crippen molar-refractivity contribution in [1.29, 1.82) is 0 Å². The number of ether oxygens (including phenoxy) is 3. The molecule has 0 saturated heterocycles. The molecule has 1 spiro atoms. The summed E-state index contributed by atoms with van der Waals surface area (Å²) >= 11 is 0. The number of carbonyl (C=O) groups is 2. The summed E-state index contributed by atoms with van der Waals surface area (Å²) in [6, 6.07) is 11.6. The van der Waals surface area contributed by atoms with Gasteiger partial charge in [0, 0.05) is 44.3 Å². The average Bonchev–Trinajstić information content (AvgIpc) is 3.48. The van der Waals surface area contributed by atoms with Crippen molar-refractivity contribution < 1.29 is 28.0 Å². The fourth-order valence-electron chi connectivity index (χ4n) is 9.17. The number of allylic oxidation sites excluding steroid dienone is 1. The monoisotopic (exact) mass is 718 g/mol. The number of rotatable bonds is 4. The van der Waals surface area contributed by atoms with Gasteiger partial charge in [-0.15, -0.1) is 4.36 Å². The zero-order valence-corrected chi connectivity index (χ0v) is 31.3. The van der Waals surface area contributed by atoms with Gasteiger partial charge in [-0.2, -0.15) is 0 Å². The van der Waals surface area contributed by atoms with Gasteiger partial charge in [-0.25, -0.2) is 9.00 Å². The summed E-state index contributed by atoms with van der Waals surface area (Å²) in [6.07, 6.45) is 12.6. The second kappa shape index (κ2) is 14.9. The number of benzene rings is 2. The molecule has 51 heavy (non-hydrogen) atoms. The predicted octanol–water partition coefficient (Wildman–Crippen LogP) is 6.50. The summed E-state index contributed by atoms with van der Waals surface area (Å²) < 4.78 is 39.6. The Morgan fingerprint density at radius 3 is 2.73 bits per heavy atom. The van der Waals surface area contributed by atoms with Gasteiger partial charge in [-0.05, 0) is 112 Å². The standard InChI is InChI=1S/C40H54N4O6S/c1-26-10-16-34-28(19-26)8-6-18-40(34)24-44-22-30-11-15-33(30)36(49-4)9-5-7-27(2)23-51(47,43-39(46)41-31-13-14-32(21-31)48-3)42-38(45)29-12-17-37(50-25-40)35(44)20-29/h5,9-10,12,16-17,19-20,27,30-33,36H,6-8,11,13-15,18,21-25H2,1-4H3,(H2,41,42,43,45,46,47)/b9-5+/t27-,30-,31+,32+,33+,36-,40-,51?/m0/s1. The number of urea groups is 1. The molecule has 2 N–H and O–H groups in total. The lowest BCUT2D eigenvalue weighted by molar-refractivity contribution is 0.0131. The van der Waals surface area contributed by atoms with Crippen LogP contribution in [-0.4, -0.2) is 74.1 Å². The minimum Gasteiger partial charge on any atom is -0.490 e. The molecule has 8 atom stereocenters. The molecule has 2 bridgehead atoms. The SMILES string of the molecule is CO[C@@H]1CC[C@@H](NC(=O)NS2(=O)=NC(=O)c3ccc4c(c3)N(C[C@@H]3CC[C@H]3[C@@H](OC)/C=C/C[C@H](C)C2)C[C@@]2(CCCc3cc(C)ccc32)CO4)C1. The number of carbonyl (C=O) groups excluding carboxylic acids is 2. The second-order valence-electron chi connectivity index (χ2n) is 15.8. The van der Waals surface area contributed by atoms with Gasteiger partial charge in [0.2, 0.25) is 0 Å². The maximum atomic E-state index is 14.5. The van der Waals surface area contributed by atoms with Crippen LogP contribution < -0.4 is 19.7 Å². The molecule has 2 saturated carbocycles. The van der Waals surface area contributed by atoms with E-state index in [2.05, 4.69) is 56.6 Å². The molecule has 0 radical (unpaired) electrons. The number of nitrogens with zero attached hydrogens (tertiary/aromatic N) is 2. The Kier molecular flexibility index (Phi) is 10.5. The summed E-state index contributed by atoms with van der Waals surface area (Å²) in [5.74, 6) is 0.817. The first kappa shape index (κ1) is 36.0. The van der Waals surface area contributed by atoms with Crippen LogP contribution in [0.3, 0.4) is 0 Å². The van der Waals surface area contributed by atoms with Crippen molar-refractivity contribution in [2.24, 2.45) is 22.1 Å². The highest BCUT2D eigenvalue weighted by atomic mass is 32.2. The van der Waals surface area contributed by atoms with Crippen LogP contribution in [-0.2, 0) is 31.2 Å². The first-order valence-electron chi connectivity index (χ1n) is 18.8. The van der Waals surface area contributed by atoms with Gasteiger partial charge in [0.1, 0.15) is 15.7 Å². The van der Waals surface area contributed by atoms with E-state index in [-0.39, 0.29) is 35.3 Å². The topological polar surface area (TPSA) is 119 Å². The Hall–Kier alpha value is -3.41. The van der Waals surface area contributed by atoms with Crippen LogP contribution in [0.4, 0.5) is 10.5 Å². The molecule has 7 rings (SSSR count). The molecule has 2 aromatic carbocycles. The highest BCUT2D eigenvalue weighted by molar-refractivity contribution is 7.92. The van der Waals surface area contributed by atoms with E-state index >= 15 is 0 Å². The quantitative estimate of drug-likeness (QED) is 0.347. The van der Waals surface area contributed by atoms with Gasteiger partial charge in [-0.3, -0.25) is 9.52 Å². The van der Waals surface area contributed by atoms with E-state index in [1.165, 1.54) is 16.7 Å². The lowest BCUT2D eigenvalue weighted by atomic mass is 9.68. The predicted molar refractivity (Wildman–Crippen MR) is 200 cm³/mol. The Labute approximate surface area is 303 Å². The lowest BCUT2D eigenvalue weighted by Gasteiger charge is -2.46. The summed E-state index contributed by atoms with van der Waals surface area (Å²) in [6.45, 7) is 6.26. The third-order valence-corrected chi connectivity index (χ3v) is 14.0. The first-order chi connectivity index (χ1) is 24.6. The number of nitrogens with one attached hydrogen (secondary N) is 2. The minimum atomic E-state index is -3.48. The molecule has 2 heterocycles. The fraction of sp³-hybridized carbons (Fsp3) is 0.600. The van der Waals surface area contributed by atoms with Crippen LogP contribution in [0.2, 0.25) is 0 Å². The van der Waals surface area contributed by atoms with Crippen molar-refractivity contribution in [3.8, 4) is 5.75 Å². The Bertz CT molecular complexity index is 1790. The molecule has 2 aliphatic heterocycles. The largest absolute Gasteiger partial charge is 0.490 e. The number of aryl methyl sites for hydroxylation is 2. The molecule has 2 aromatic rings. The van der Waals surface area contributed by atoms with E-state index in [0.717, 1.165) is 69.5 Å². The third-order valence-electron chi connectivity index (χ3n) is 12.0. The molecule has 11 heteroatoms.